The fourth-order valence-corrected chi connectivity index (χ4v) is 2.32. The fraction of sp³-hybridized carbons (Fsp3) is 0.278. The third-order valence-corrected chi connectivity index (χ3v) is 3.41. The van der Waals surface area contributed by atoms with Crippen LogP contribution in [0.2, 0.25) is 0 Å². The average molecular weight is 297 g/mol. The number of carbonyl (C=O) groups is 1. The standard InChI is InChI=1S/C18H23N3O/c1-21(14-15-7-3-2-4-8-15)12-6-11-18(22)20-17-10-5-9-16(19)13-17/h2-5,7-10,13H,6,11-12,14,19H2,1H3,(H,20,22). The highest BCUT2D eigenvalue weighted by molar-refractivity contribution is 5.91. The molecule has 1 amide bonds. The molecule has 0 aliphatic carbocycles. The maximum absolute atomic E-state index is 11.9. The SMILES string of the molecule is CN(CCCC(=O)Nc1cccc(N)c1)Cc1ccccc1. The van der Waals surface area contributed by atoms with Gasteiger partial charge in [-0.05, 0) is 43.8 Å². The summed E-state index contributed by atoms with van der Waals surface area (Å²) in [4.78, 5) is 14.1. The number of anilines is 2. The van der Waals surface area contributed by atoms with Gasteiger partial charge in [-0.2, -0.15) is 0 Å². The number of rotatable bonds is 7. The Kier molecular flexibility index (Phi) is 5.98. The number of hydrogen-bond acceptors (Lipinski definition) is 3. The molecule has 0 saturated carbocycles. The van der Waals surface area contributed by atoms with Crippen molar-refractivity contribution < 1.29 is 4.79 Å². The first-order valence-corrected chi connectivity index (χ1v) is 7.51. The first-order valence-electron chi connectivity index (χ1n) is 7.51. The predicted molar refractivity (Wildman–Crippen MR) is 91.5 cm³/mol. The molecule has 0 spiro atoms. The van der Waals surface area contributed by atoms with Crippen LogP contribution in [0.15, 0.2) is 54.6 Å². The number of carbonyl (C=O) groups excluding carboxylic acids is 1. The van der Waals surface area contributed by atoms with Crippen molar-refractivity contribution in [2.45, 2.75) is 19.4 Å². The van der Waals surface area contributed by atoms with Gasteiger partial charge >= 0.3 is 0 Å². The first-order chi connectivity index (χ1) is 10.6. The van der Waals surface area contributed by atoms with Crippen LogP contribution in [0.3, 0.4) is 0 Å². The van der Waals surface area contributed by atoms with E-state index >= 15 is 0 Å². The number of nitrogens with one attached hydrogen (secondary N) is 1. The van der Waals surface area contributed by atoms with Crippen molar-refractivity contribution >= 4 is 17.3 Å². The van der Waals surface area contributed by atoms with E-state index in [0.29, 0.717) is 12.1 Å². The minimum Gasteiger partial charge on any atom is -0.399 e. The van der Waals surface area contributed by atoms with E-state index in [0.717, 1.165) is 25.2 Å². The molecule has 3 N–H and O–H groups in total. The van der Waals surface area contributed by atoms with Gasteiger partial charge in [-0.3, -0.25) is 4.79 Å². The van der Waals surface area contributed by atoms with Crippen LogP contribution >= 0.6 is 0 Å². The molecular weight excluding hydrogens is 274 g/mol. The molecule has 4 heteroatoms. The Morgan fingerprint density at radius 1 is 1.14 bits per heavy atom. The van der Waals surface area contributed by atoms with Crippen LogP contribution in [0.5, 0.6) is 0 Å². The number of nitrogens with two attached hydrogens (primary N) is 1. The van der Waals surface area contributed by atoms with Crippen molar-refractivity contribution in [2.75, 3.05) is 24.6 Å². The lowest BCUT2D eigenvalue weighted by Crippen LogP contribution is -2.21. The highest BCUT2D eigenvalue weighted by Crippen LogP contribution is 2.12. The fourth-order valence-electron chi connectivity index (χ4n) is 2.32. The second kappa shape index (κ2) is 8.20. The Hall–Kier alpha value is -2.33. The lowest BCUT2D eigenvalue weighted by molar-refractivity contribution is -0.116. The number of nitrogen functional groups attached to an aromatic ring is 1. The van der Waals surface area contributed by atoms with Crippen LogP contribution in [0.1, 0.15) is 18.4 Å². The van der Waals surface area contributed by atoms with Crippen molar-refractivity contribution in [3.63, 3.8) is 0 Å². The van der Waals surface area contributed by atoms with Gasteiger partial charge in [0.05, 0.1) is 0 Å². The molecule has 4 nitrogen and oxygen atoms in total. The molecule has 2 rings (SSSR count). The number of hydrogen-bond donors (Lipinski definition) is 2. The smallest absolute Gasteiger partial charge is 0.224 e. The summed E-state index contributed by atoms with van der Waals surface area (Å²) in [5, 5.41) is 2.87. The summed E-state index contributed by atoms with van der Waals surface area (Å²) in [7, 11) is 2.07. The Labute approximate surface area is 131 Å². The molecule has 0 heterocycles. The Morgan fingerprint density at radius 3 is 2.64 bits per heavy atom. The summed E-state index contributed by atoms with van der Waals surface area (Å²) in [5.41, 5.74) is 8.38. The predicted octanol–water partition coefficient (Wildman–Crippen LogP) is 3.12. The second-order valence-electron chi connectivity index (χ2n) is 5.50. The van der Waals surface area contributed by atoms with Gasteiger partial charge in [-0.15, -0.1) is 0 Å². The average Bonchev–Trinajstić information content (AvgIpc) is 2.48. The summed E-state index contributed by atoms with van der Waals surface area (Å²) in [6, 6.07) is 17.6. The van der Waals surface area contributed by atoms with Crippen molar-refractivity contribution in [2.24, 2.45) is 0 Å². The van der Waals surface area contributed by atoms with Crippen molar-refractivity contribution in [1.82, 2.24) is 4.90 Å². The van der Waals surface area contributed by atoms with Crippen LogP contribution < -0.4 is 11.1 Å². The summed E-state index contributed by atoms with van der Waals surface area (Å²) < 4.78 is 0. The normalized spacial score (nSPS) is 10.6. The Morgan fingerprint density at radius 2 is 1.91 bits per heavy atom. The topological polar surface area (TPSA) is 58.4 Å². The third kappa shape index (κ3) is 5.58. The van der Waals surface area contributed by atoms with Crippen molar-refractivity contribution in [3.05, 3.63) is 60.2 Å². The Bertz CT molecular complexity index is 598. The highest BCUT2D eigenvalue weighted by atomic mass is 16.1. The maximum Gasteiger partial charge on any atom is 0.224 e. The number of nitrogens with zero attached hydrogens (tertiary/aromatic N) is 1. The van der Waals surface area contributed by atoms with Crippen LogP contribution in [-0.4, -0.2) is 24.4 Å². The lowest BCUT2D eigenvalue weighted by Gasteiger charge is -2.16. The largest absolute Gasteiger partial charge is 0.399 e. The van der Waals surface area contributed by atoms with Gasteiger partial charge in [0.2, 0.25) is 5.91 Å². The summed E-state index contributed by atoms with van der Waals surface area (Å²) in [5.74, 6) is 0.0266. The molecule has 0 atom stereocenters. The third-order valence-electron chi connectivity index (χ3n) is 3.41. The second-order valence-corrected chi connectivity index (χ2v) is 5.50. The summed E-state index contributed by atoms with van der Waals surface area (Å²) >= 11 is 0. The van der Waals surface area contributed by atoms with Gasteiger partial charge in [0.15, 0.2) is 0 Å². The van der Waals surface area contributed by atoms with Gasteiger partial charge in [0.25, 0.3) is 0 Å². The van der Waals surface area contributed by atoms with E-state index < -0.39 is 0 Å². The van der Waals surface area contributed by atoms with E-state index in [4.69, 9.17) is 5.73 Å². The van der Waals surface area contributed by atoms with Crippen LogP contribution in [0, 0.1) is 0 Å². The molecule has 0 radical (unpaired) electrons. The molecular formula is C18H23N3O. The van der Waals surface area contributed by atoms with Crippen LogP contribution in [0.4, 0.5) is 11.4 Å². The van der Waals surface area contributed by atoms with Crippen molar-refractivity contribution in [3.8, 4) is 0 Å². The lowest BCUT2D eigenvalue weighted by atomic mass is 10.2. The molecule has 0 aliphatic heterocycles. The van der Waals surface area contributed by atoms with Crippen LogP contribution in [0.25, 0.3) is 0 Å². The zero-order valence-corrected chi connectivity index (χ0v) is 13.0. The number of amides is 1. The van der Waals surface area contributed by atoms with E-state index in [2.05, 4.69) is 29.4 Å². The molecule has 0 aromatic heterocycles. The van der Waals surface area contributed by atoms with E-state index in [9.17, 15) is 4.79 Å². The zero-order valence-electron chi connectivity index (χ0n) is 13.0. The van der Waals surface area contributed by atoms with E-state index in [1.165, 1.54) is 5.56 Å². The zero-order chi connectivity index (χ0) is 15.8. The molecule has 0 aliphatic rings. The van der Waals surface area contributed by atoms with E-state index in [-0.39, 0.29) is 5.91 Å². The molecule has 0 unspecified atom stereocenters. The molecule has 116 valence electrons. The van der Waals surface area contributed by atoms with Gasteiger partial charge < -0.3 is 16.0 Å². The van der Waals surface area contributed by atoms with E-state index in [1.807, 2.05) is 30.3 Å². The minimum absolute atomic E-state index is 0.0266. The molecule has 0 bridgehead atoms. The summed E-state index contributed by atoms with van der Waals surface area (Å²) in [6.45, 7) is 1.79. The quantitative estimate of drug-likeness (QED) is 0.772. The molecule has 2 aromatic carbocycles. The number of benzene rings is 2. The molecule has 0 saturated heterocycles. The monoisotopic (exact) mass is 297 g/mol. The summed E-state index contributed by atoms with van der Waals surface area (Å²) in [6.07, 6.45) is 1.34. The van der Waals surface area contributed by atoms with Gasteiger partial charge in [-0.1, -0.05) is 36.4 Å². The highest BCUT2D eigenvalue weighted by Gasteiger charge is 2.05. The maximum atomic E-state index is 11.9. The molecule has 2 aromatic rings. The molecule has 22 heavy (non-hydrogen) atoms. The Balaban J connectivity index is 1.68. The molecule has 0 fully saturated rings. The van der Waals surface area contributed by atoms with Crippen LogP contribution in [-0.2, 0) is 11.3 Å². The minimum atomic E-state index is 0.0266. The van der Waals surface area contributed by atoms with Gasteiger partial charge in [0.1, 0.15) is 0 Å². The van der Waals surface area contributed by atoms with E-state index in [1.54, 1.807) is 12.1 Å². The first kappa shape index (κ1) is 16.0. The van der Waals surface area contributed by atoms with Crippen molar-refractivity contribution in [1.29, 1.82) is 0 Å². The van der Waals surface area contributed by atoms with Gasteiger partial charge in [-0.25, -0.2) is 0 Å². The van der Waals surface area contributed by atoms with Gasteiger partial charge in [0, 0.05) is 24.3 Å².